The second kappa shape index (κ2) is 5.45. The lowest BCUT2D eigenvalue weighted by molar-refractivity contribution is 0.250. The molecule has 0 aromatic carbocycles. The average Bonchev–Trinajstić information content (AvgIpc) is 2.64. The van der Waals surface area contributed by atoms with Gasteiger partial charge in [0.1, 0.15) is 5.54 Å². The lowest BCUT2D eigenvalue weighted by Gasteiger charge is -2.25. The largest absolute Gasteiger partial charge is 0.396 e. The Bertz CT molecular complexity index is 236. The first-order valence-electron chi connectivity index (χ1n) is 5.65. The number of hydrogen-bond donors (Lipinski definition) is 2. The summed E-state index contributed by atoms with van der Waals surface area (Å²) in [5.41, 5.74) is -0.389. The number of nitrogens with one attached hydrogen (secondary N) is 1. The highest BCUT2D eigenvalue weighted by Gasteiger charge is 2.38. The number of rotatable bonds is 5. The topological polar surface area (TPSA) is 59.3 Å². The number of nitriles is 1. The summed E-state index contributed by atoms with van der Waals surface area (Å²) in [6.45, 7) is 6.99. The Morgan fingerprint density at radius 2 is 2.33 bits per heavy atom. The van der Waals surface area contributed by atoms with Crippen molar-refractivity contribution in [2.24, 2.45) is 0 Å². The summed E-state index contributed by atoms with van der Waals surface area (Å²) in [5.74, 6) is 0. The zero-order valence-corrected chi connectivity index (χ0v) is 9.66. The molecule has 0 aliphatic carbocycles. The van der Waals surface area contributed by atoms with Crippen LogP contribution in [0.2, 0.25) is 0 Å². The Balaban J connectivity index is 2.46. The summed E-state index contributed by atoms with van der Waals surface area (Å²) in [4.78, 5) is 2.31. The lowest BCUT2D eigenvalue weighted by Crippen LogP contribution is -2.47. The predicted molar refractivity (Wildman–Crippen MR) is 59.4 cm³/mol. The van der Waals surface area contributed by atoms with Gasteiger partial charge < -0.3 is 5.11 Å². The van der Waals surface area contributed by atoms with Crippen molar-refractivity contribution in [2.75, 3.05) is 26.2 Å². The van der Waals surface area contributed by atoms with Gasteiger partial charge >= 0.3 is 0 Å². The SMILES string of the molecule is CC(C)N1CCC(C#N)(NCCCO)C1. The van der Waals surface area contributed by atoms with Crippen LogP contribution in [0.5, 0.6) is 0 Å². The Morgan fingerprint density at radius 1 is 1.60 bits per heavy atom. The van der Waals surface area contributed by atoms with Crippen molar-refractivity contribution in [1.29, 1.82) is 5.26 Å². The van der Waals surface area contributed by atoms with Crippen LogP contribution >= 0.6 is 0 Å². The lowest BCUT2D eigenvalue weighted by atomic mass is 10.0. The quantitative estimate of drug-likeness (QED) is 0.644. The molecule has 4 heteroatoms. The number of aliphatic hydroxyl groups is 1. The number of nitrogens with zero attached hydrogens (tertiary/aromatic N) is 2. The minimum Gasteiger partial charge on any atom is -0.396 e. The summed E-state index contributed by atoms with van der Waals surface area (Å²) >= 11 is 0. The van der Waals surface area contributed by atoms with E-state index in [-0.39, 0.29) is 12.1 Å². The molecule has 2 N–H and O–H groups in total. The van der Waals surface area contributed by atoms with E-state index in [0.717, 1.165) is 26.1 Å². The van der Waals surface area contributed by atoms with Gasteiger partial charge in [0, 0.05) is 25.7 Å². The van der Waals surface area contributed by atoms with Gasteiger partial charge in [-0.15, -0.1) is 0 Å². The first kappa shape index (κ1) is 12.4. The summed E-state index contributed by atoms with van der Waals surface area (Å²) in [7, 11) is 0. The third-order valence-electron chi connectivity index (χ3n) is 3.04. The van der Waals surface area contributed by atoms with Gasteiger partial charge in [-0.3, -0.25) is 10.2 Å². The molecule has 1 heterocycles. The normalized spacial score (nSPS) is 27.1. The number of hydrogen-bond acceptors (Lipinski definition) is 4. The maximum Gasteiger partial charge on any atom is 0.120 e. The van der Waals surface area contributed by atoms with E-state index in [1.165, 1.54) is 0 Å². The Morgan fingerprint density at radius 3 is 2.80 bits per heavy atom. The molecule has 0 radical (unpaired) electrons. The molecule has 0 bridgehead atoms. The number of aliphatic hydroxyl groups excluding tert-OH is 1. The van der Waals surface area contributed by atoms with Gasteiger partial charge in [0.2, 0.25) is 0 Å². The van der Waals surface area contributed by atoms with Crippen LogP contribution in [0, 0.1) is 11.3 Å². The van der Waals surface area contributed by atoms with Crippen LogP contribution in [0.15, 0.2) is 0 Å². The highest BCUT2D eigenvalue weighted by Crippen LogP contribution is 2.22. The van der Waals surface area contributed by atoms with E-state index in [1.807, 2.05) is 0 Å². The van der Waals surface area contributed by atoms with E-state index in [4.69, 9.17) is 5.11 Å². The Kier molecular flexibility index (Phi) is 4.52. The standard InChI is InChI=1S/C11H21N3O/c1-10(2)14-6-4-11(8-12,9-14)13-5-3-7-15/h10,13,15H,3-7,9H2,1-2H3. The highest BCUT2D eigenvalue weighted by atomic mass is 16.3. The van der Waals surface area contributed by atoms with E-state index in [0.29, 0.717) is 12.5 Å². The zero-order valence-electron chi connectivity index (χ0n) is 9.66. The number of likely N-dealkylation sites (tertiary alicyclic amines) is 1. The average molecular weight is 211 g/mol. The molecule has 1 saturated heterocycles. The molecule has 1 rings (SSSR count). The van der Waals surface area contributed by atoms with Gasteiger partial charge in [-0.05, 0) is 33.2 Å². The van der Waals surface area contributed by atoms with Gasteiger partial charge in [0.05, 0.1) is 6.07 Å². The van der Waals surface area contributed by atoms with Gasteiger partial charge in [-0.2, -0.15) is 5.26 Å². The third kappa shape index (κ3) is 3.16. The molecule has 0 amide bonds. The van der Waals surface area contributed by atoms with Gasteiger partial charge in [-0.1, -0.05) is 0 Å². The van der Waals surface area contributed by atoms with Crippen molar-refractivity contribution < 1.29 is 5.11 Å². The molecular weight excluding hydrogens is 190 g/mol. The van der Waals surface area contributed by atoms with Crippen LogP contribution in [-0.4, -0.2) is 47.8 Å². The van der Waals surface area contributed by atoms with Crippen molar-refractivity contribution in [1.82, 2.24) is 10.2 Å². The first-order valence-corrected chi connectivity index (χ1v) is 5.65. The molecule has 0 aromatic rings. The van der Waals surface area contributed by atoms with E-state index >= 15 is 0 Å². The van der Waals surface area contributed by atoms with Crippen molar-refractivity contribution in [3.05, 3.63) is 0 Å². The predicted octanol–water partition coefficient (Wildman–Crippen LogP) is 0.335. The summed E-state index contributed by atoms with van der Waals surface area (Å²) in [6.07, 6.45) is 1.60. The fraction of sp³-hybridized carbons (Fsp3) is 0.909. The molecule has 4 nitrogen and oxygen atoms in total. The summed E-state index contributed by atoms with van der Waals surface area (Å²) in [6, 6.07) is 2.89. The maximum absolute atomic E-state index is 9.21. The van der Waals surface area contributed by atoms with Crippen molar-refractivity contribution in [2.45, 2.75) is 38.3 Å². The van der Waals surface area contributed by atoms with Crippen molar-refractivity contribution in [3.63, 3.8) is 0 Å². The van der Waals surface area contributed by atoms with Crippen LogP contribution in [-0.2, 0) is 0 Å². The molecule has 86 valence electrons. The molecule has 15 heavy (non-hydrogen) atoms. The van der Waals surface area contributed by atoms with E-state index < -0.39 is 0 Å². The van der Waals surface area contributed by atoms with Gasteiger partial charge in [0.15, 0.2) is 0 Å². The molecular formula is C11H21N3O. The molecule has 1 aliphatic rings. The minimum absolute atomic E-state index is 0.183. The van der Waals surface area contributed by atoms with Crippen LogP contribution in [0.4, 0.5) is 0 Å². The molecule has 0 spiro atoms. The van der Waals surface area contributed by atoms with Crippen molar-refractivity contribution in [3.8, 4) is 6.07 Å². The van der Waals surface area contributed by atoms with E-state index in [1.54, 1.807) is 0 Å². The first-order chi connectivity index (χ1) is 7.13. The van der Waals surface area contributed by atoms with Gasteiger partial charge in [-0.25, -0.2) is 0 Å². The van der Waals surface area contributed by atoms with E-state index in [2.05, 4.69) is 30.1 Å². The molecule has 1 atom stereocenters. The maximum atomic E-state index is 9.21. The molecule has 1 aliphatic heterocycles. The Hall–Kier alpha value is -0.630. The van der Waals surface area contributed by atoms with E-state index in [9.17, 15) is 5.26 Å². The monoisotopic (exact) mass is 211 g/mol. The van der Waals surface area contributed by atoms with Crippen molar-refractivity contribution >= 4 is 0 Å². The zero-order chi connectivity index (χ0) is 11.3. The summed E-state index contributed by atoms with van der Waals surface area (Å²) < 4.78 is 0. The Labute approximate surface area is 91.9 Å². The molecule has 1 fully saturated rings. The van der Waals surface area contributed by atoms with Crippen LogP contribution < -0.4 is 5.32 Å². The molecule has 1 unspecified atom stereocenters. The fourth-order valence-corrected chi connectivity index (χ4v) is 1.96. The van der Waals surface area contributed by atoms with Gasteiger partial charge in [0.25, 0.3) is 0 Å². The third-order valence-corrected chi connectivity index (χ3v) is 3.04. The smallest absolute Gasteiger partial charge is 0.120 e. The second-order valence-electron chi connectivity index (χ2n) is 4.51. The minimum atomic E-state index is -0.389. The molecule has 0 saturated carbocycles. The van der Waals surface area contributed by atoms with Crippen LogP contribution in [0.25, 0.3) is 0 Å². The van der Waals surface area contributed by atoms with Crippen LogP contribution in [0.3, 0.4) is 0 Å². The summed E-state index contributed by atoms with van der Waals surface area (Å²) in [5, 5.41) is 21.2. The fourth-order valence-electron chi connectivity index (χ4n) is 1.96. The van der Waals surface area contributed by atoms with Crippen LogP contribution in [0.1, 0.15) is 26.7 Å². The molecule has 0 aromatic heterocycles. The highest BCUT2D eigenvalue weighted by molar-refractivity contribution is 5.13. The second-order valence-corrected chi connectivity index (χ2v) is 4.51.